The van der Waals surface area contributed by atoms with Gasteiger partial charge in [0.15, 0.2) is 11.0 Å². The van der Waals surface area contributed by atoms with Crippen LogP contribution in [0.25, 0.3) is 10.7 Å². The minimum atomic E-state index is 0.205. The van der Waals surface area contributed by atoms with Crippen LogP contribution in [0, 0.1) is 0 Å². The zero-order valence-corrected chi connectivity index (χ0v) is 18.0. The zero-order valence-electron chi connectivity index (χ0n) is 16.4. The van der Waals surface area contributed by atoms with Crippen LogP contribution in [0.5, 0.6) is 0 Å². The molecule has 0 radical (unpaired) electrons. The Kier molecular flexibility index (Phi) is 6.69. The van der Waals surface area contributed by atoms with Gasteiger partial charge in [0.25, 0.3) is 0 Å². The topological polar surface area (TPSA) is 60.2 Å². The van der Waals surface area contributed by atoms with E-state index in [1.807, 2.05) is 6.07 Å². The molecule has 2 atom stereocenters. The minimum absolute atomic E-state index is 0.205. The smallest absolute Gasteiger partial charge is 0.233 e. The summed E-state index contributed by atoms with van der Waals surface area (Å²) in [6.45, 7) is 4.64. The molecule has 8 heteroatoms. The molecule has 4 rings (SSSR count). The average molecular weight is 421 g/mol. The van der Waals surface area contributed by atoms with Gasteiger partial charge < -0.3 is 9.64 Å². The van der Waals surface area contributed by atoms with Crippen LogP contribution in [0.15, 0.2) is 22.7 Å². The molecule has 6 nitrogen and oxygen atoms in total. The fourth-order valence-corrected chi connectivity index (χ4v) is 5.65. The molecule has 2 aliphatic heterocycles. The summed E-state index contributed by atoms with van der Waals surface area (Å²) in [5.74, 6) is 1.52. The fraction of sp³-hybridized carbons (Fsp3) is 0.650. The van der Waals surface area contributed by atoms with E-state index in [9.17, 15) is 4.79 Å². The lowest BCUT2D eigenvalue weighted by Gasteiger charge is -2.35. The van der Waals surface area contributed by atoms with Crippen LogP contribution in [0.4, 0.5) is 0 Å². The van der Waals surface area contributed by atoms with Crippen LogP contribution in [0.1, 0.15) is 45.4 Å². The van der Waals surface area contributed by atoms with Crippen molar-refractivity contribution in [2.45, 2.75) is 69.3 Å². The maximum atomic E-state index is 12.9. The van der Waals surface area contributed by atoms with Gasteiger partial charge in [-0.25, -0.2) is 0 Å². The number of hydrogen-bond donors (Lipinski definition) is 0. The number of rotatable bonds is 7. The van der Waals surface area contributed by atoms with Crippen molar-refractivity contribution in [3.8, 4) is 10.7 Å². The Balaban J connectivity index is 1.48. The van der Waals surface area contributed by atoms with Crippen LogP contribution in [0.3, 0.4) is 0 Å². The minimum Gasteiger partial charge on any atom is -0.376 e. The number of carbonyl (C=O) groups is 1. The first-order valence-electron chi connectivity index (χ1n) is 10.3. The second-order valence-corrected chi connectivity index (χ2v) is 9.35. The third-order valence-corrected chi connectivity index (χ3v) is 7.43. The Bertz CT molecular complexity index is 771. The van der Waals surface area contributed by atoms with Crippen molar-refractivity contribution in [3.05, 3.63) is 17.5 Å². The number of aromatic nitrogens is 3. The number of thiophene rings is 1. The Morgan fingerprint density at radius 1 is 1.32 bits per heavy atom. The first-order chi connectivity index (χ1) is 13.8. The van der Waals surface area contributed by atoms with Gasteiger partial charge in [0.05, 0.1) is 23.3 Å². The first-order valence-corrected chi connectivity index (χ1v) is 12.1. The Morgan fingerprint density at radius 3 is 3.00 bits per heavy atom. The number of ether oxygens (including phenoxy) is 1. The second-order valence-electron chi connectivity index (χ2n) is 7.46. The van der Waals surface area contributed by atoms with Crippen molar-refractivity contribution in [3.63, 3.8) is 0 Å². The van der Waals surface area contributed by atoms with Crippen molar-refractivity contribution in [2.75, 3.05) is 18.9 Å². The summed E-state index contributed by atoms with van der Waals surface area (Å²) in [5.41, 5.74) is 0. The van der Waals surface area contributed by atoms with E-state index in [1.54, 1.807) is 11.3 Å². The summed E-state index contributed by atoms with van der Waals surface area (Å²) in [7, 11) is 0. The molecule has 2 aliphatic rings. The van der Waals surface area contributed by atoms with Crippen molar-refractivity contribution in [1.82, 2.24) is 19.7 Å². The molecule has 152 valence electrons. The van der Waals surface area contributed by atoms with Gasteiger partial charge in [-0.1, -0.05) is 24.8 Å². The molecule has 2 aromatic heterocycles. The number of amides is 1. The lowest BCUT2D eigenvalue weighted by molar-refractivity contribution is -0.132. The van der Waals surface area contributed by atoms with Gasteiger partial charge in [0.1, 0.15) is 0 Å². The molecule has 2 fully saturated rings. The highest BCUT2D eigenvalue weighted by molar-refractivity contribution is 7.99. The summed E-state index contributed by atoms with van der Waals surface area (Å²) in [4.78, 5) is 16.0. The molecule has 2 saturated heterocycles. The van der Waals surface area contributed by atoms with E-state index in [4.69, 9.17) is 4.74 Å². The van der Waals surface area contributed by atoms with Gasteiger partial charge in [0, 0.05) is 19.2 Å². The van der Waals surface area contributed by atoms with Gasteiger partial charge in [-0.3, -0.25) is 9.36 Å². The Morgan fingerprint density at radius 2 is 2.25 bits per heavy atom. The lowest BCUT2D eigenvalue weighted by Crippen LogP contribution is -2.44. The maximum Gasteiger partial charge on any atom is 0.233 e. The molecule has 0 N–H and O–H groups in total. The molecular weight excluding hydrogens is 392 g/mol. The van der Waals surface area contributed by atoms with E-state index >= 15 is 0 Å². The molecule has 1 amide bonds. The molecule has 0 aromatic carbocycles. The molecular formula is C20H28N4O2S2. The van der Waals surface area contributed by atoms with Gasteiger partial charge in [-0.05, 0) is 50.0 Å². The lowest BCUT2D eigenvalue weighted by atomic mass is 10.0. The number of thioether (sulfide) groups is 1. The van der Waals surface area contributed by atoms with E-state index in [0.29, 0.717) is 11.8 Å². The second kappa shape index (κ2) is 9.41. The molecule has 2 unspecified atom stereocenters. The molecule has 0 bridgehead atoms. The van der Waals surface area contributed by atoms with Crippen molar-refractivity contribution < 1.29 is 9.53 Å². The van der Waals surface area contributed by atoms with Crippen molar-refractivity contribution in [2.24, 2.45) is 0 Å². The summed E-state index contributed by atoms with van der Waals surface area (Å²) < 4.78 is 7.99. The quantitative estimate of drug-likeness (QED) is 0.632. The maximum absolute atomic E-state index is 12.9. The van der Waals surface area contributed by atoms with Gasteiger partial charge >= 0.3 is 0 Å². The number of piperidine rings is 1. The largest absolute Gasteiger partial charge is 0.376 e. The van der Waals surface area contributed by atoms with E-state index in [0.717, 1.165) is 67.7 Å². The van der Waals surface area contributed by atoms with Crippen LogP contribution in [-0.4, -0.2) is 56.6 Å². The van der Waals surface area contributed by atoms with Gasteiger partial charge in [0.2, 0.25) is 5.91 Å². The molecule has 28 heavy (non-hydrogen) atoms. The van der Waals surface area contributed by atoms with Crippen molar-refractivity contribution in [1.29, 1.82) is 0 Å². The van der Waals surface area contributed by atoms with E-state index in [1.165, 1.54) is 18.2 Å². The van der Waals surface area contributed by atoms with Crippen LogP contribution in [-0.2, 0) is 16.1 Å². The number of hydrogen-bond acceptors (Lipinski definition) is 6. The number of carbonyl (C=O) groups excluding carboxylic acids is 1. The van der Waals surface area contributed by atoms with Crippen molar-refractivity contribution >= 4 is 29.0 Å². The summed E-state index contributed by atoms with van der Waals surface area (Å²) in [6, 6.07) is 4.50. The zero-order chi connectivity index (χ0) is 19.3. The predicted octanol–water partition coefficient (Wildman–Crippen LogP) is 4.07. The normalized spacial score (nSPS) is 22.7. The standard InChI is InChI=1S/C20H28N4O2S2/c1-2-15-7-3-4-10-23(15)18(25)14-28-20-22-21-19(17-9-6-12-27-17)24(20)13-16-8-5-11-26-16/h6,9,12,15-16H,2-5,7-8,10-11,13-14H2,1H3. The predicted molar refractivity (Wildman–Crippen MR) is 113 cm³/mol. The Labute approximate surface area is 174 Å². The average Bonchev–Trinajstić information content (AvgIpc) is 3.49. The van der Waals surface area contributed by atoms with Crippen LogP contribution in [0.2, 0.25) is 0 Å². The van der Waals surface area contributed by atoms with E-state index in [-0.39, 0.29) is 12.0 Å². The number of likely N-dealkylation sites (tertiary alicyclic amines) is 1. The van der Waals surface area contributed by atoms with Gasteiger partial charge in [-0.2, -0.15) is 0 Å². The third kappa shape index (κ3) is 4.44. The molecule has 2 aromatic rings. The van der Waals surface area contributed by atoms with Crippen LogP contribution >= 0.6 is 23.1 Å². The first kappa shape index (κ1) is 19.9. The molecule has 0 saturated carbocycles. The highest BCUT2D eigenvalue weighted by Gasteiger charge is 2.27. The third-order valence-electron chi connectivity index (χ3n) is 5.61. The van der Waals surface area contributed by atoms with E-state index < -0.39 is 0 Å². The van der Waals surface area contributed by atoms with Crippen LogP contribution < -0.4 is 0 Å². The fourth-order valence-electron chi connectivity index (χ4n) is 4.10. The van der Waals surface area contributed by atoms with E-state index in [2.05, 4.69) is 38.0 Å². The molecule has 0 aliphatic carbocycles. The summed E-state index contributed by atoms with van der Waals surface area (Å²) in [5, 5.41) is 11.7. The highest BCUT2D eigenvalue weighted by atomic mass is 32.2. The summed E-state index contributed by atoms with van der Waals surface area (Å²) in [6.07, 6.45) is 6.89. The molecule has 4 heterocycles. The monoisotopic (exact) mass is 420 g/mol. The Hall–Kier alpha value is -1.38. The van der Waals surface area contributed by atoms with Gasteiger partial charge in [-0.15, -0.1) is 21.5 Å². The SMILES string of the molecule is CCC1CCCCN1C(=O)CSc1nnc(-c2cccs2)n1CC1CCCO1. The summed E-state index contributed by atoms with van der Waals surface area (Å²) >= 11 is 3.17. The molecule has 0 spiro atoms. The number of nitrogens with zero attached hydrogens (tertiary/aromatic N) is 4. The highest BCUT2D eigenvalue weighted by Crippen LogP contribution is 2.29.